The highest BCUT2D eigenvalue weighted by atomic mass is 16.6. The van der Waals surface area contributed by atoms with Gasteiger partial charge in [-0.05, 0) is 18.2 Å². The molecule has 0 radical (unpaired) electrons. The molecule has 1 aliphatic rings. The number of aliphatic hydroxyl groups excluding tert-OH is 1. The van der Waals surface area contributed by atoms with Crippen molar-refractivity contribution in [1.82, 2.24) is 0 Å². The third-order valence-electron chi connectivity index (χ3n) is 1.69. The summed E-state index contributed by atoms with van der Waals surface area (Å²) in [6, 6.07) is 4.11. The second-order valence-electron chi connectivity index (χ2n) is 2.51. The van der Waals surface area contributed by atoms with Gasteiger partial charge in [0.25, 0.3) is 6.29 Å². The Morgan fingerprint density at radius 1 is 1.42 bits per heavy atom. The molecule has 1 heterocycles. The summed E-state index contributed by atoms with van der Waals surface area (Å²) < 4.78 is 4.77. The molecule has 1 atom stereocenters. The molecule has 1 aromatic carbocycles. The molecular weight excluding hydrogens is 160 g/mol. The van der Waals surface area contributed by atoms with E-state index in [1.54, 1.807) is 0 Å². The van der Waals surface area contributed by atoms with Crippen molar-refractivity contribution >= 4 is 5.78 Å². The van der Waals surface area contributed by atoms with E-state index in [4.69, 9.17) is 14.9 Å². The van der Waals surface area contributed by atoms with Gasteiger partial charge < -0.3 is 14.9 Å². The number of hydrogen-bond donors (Lipinski definition) is 2. The molecule has 4 nitrogen and oxygen atoms in total. The lowest BCUT2D eigenvalue weighted by Gasteiger charge is -1.98. The summed E-state index contributed by atoms with van der Waals surface area (Å²) >= 11 is 0. The van der Waals surface area contributed by atoms with Gasteiger partial charge in [-0.15, -0.1) is 0 Å². The lowest BCUT2D eigenvalue weighted by atomic mass is 10.1. The van der Waals surface area contributed by atoms with Crippen molar-refractivity contribution in [2.75, 3.05) is 0 Å². The molecular formula is C8H6O4. The van der Waals surface area contributed by atoms with Gasteiger partial charge in [-0.1, -0.05) is 0 Å². The average Bonchev–Trinajstić information content (AvgIpc) is 2.31. The van der Waals surface area contributed by atoms with E-state index in [2.05, 4.69) is 0 Å². The smallest absolute Gasteiger partial charge is 0.262 e. The number of Topliss-reactive ketones (excluding diaryl/α,β-unsaturated/α-hetero) is 1. The van der Waals surface area contributed by atoms with Crippen LogP contribution in [0.25, 0.3) is 0 Å². The average molecular weight is 166 g/mol. The molecule has 0 spiro atoms. The largest absolute Gasteiger partial charge is 0.508 e. The van der Waals surface area contributed by atoms with Crippen LogP contribution in [0, 0.1) is 0 Å². The SMILES string of the molecule is O=C1c2cc(O)ccc2OC1O. The Morgan fingerprint density at radius 3 is 2.92 bits per heavy atom. The Bertz CT molecular complexity index is 345. The fourth-order valence-electron chi connectivity index (χ4n) is 1.12. The van der Waals surface area contributed by atoms with Gasteiger partial charge in [0.2, 0.25) is 5.78 Å². The van der Waals surface area contributed by atoms with Gasteiger partial charge in [-0.3, -0.25) is 4.79 Å². The fourth-order valence-corrected chi connectivity index (χ4v) is 1.12. The van der Waals surface area contributed by atoms with Gasteiger partial charge in [-0.25, -0.2) is 0 Å². The van der Waals surface area contributed by atoms with Crippen LogP contribution < -0.4 is 4.74 Å². The molecule has 1 aromatic rings. The van der Waals surface area contributed by atoms with E-state index in [-0.39, 0.29) is 11.3 Å². The van der Waals surface area contributed by atoms with E-state index in [1.165, 1.54) is 18.2 Å². The van der Waals surface area contributed by atoms with E-state index in [9.17, 15) is 4.79 Å². The second-order valence-corrected chi connectivity index (χ2v) is 2.51. The maximum atomic E-state index is 11.1. The predicted octanol–water partition coefficient (Wildman–Crippen LogP) is 0.286. The van der Waals surface area contributed by atoms with Crippen molar-refractivity contribution in [3.63, 3.8) is 0 Å². The Morgan fingerprint density at radius 2 is 2.17 bits per heavy atom. The topological polar surface area (TPSA) is 66.8 Å². The summed E-state index contributed by atoms with van der Waals surface area (Å²) in [5, 5.41) is 18.0. The predicted molar refractivity (Wildman–Crippen MR) is 39.1 cm³/mol. The van der Waals surface area contributed by atoms with Crippen LogP contribution in [0.1, 0.15) is 10.4 Å². The lowest BCUT2D eigenvalue weighted by molar-refractivity contribution is 0.00866. The monoisotopic (exact) mass is 166 g/mol. The number of aromatic hydroxyl groups is 1. The summed E-state index contributed by atoms with van der Waals surface area (Å²) in [4.78, 5) is 11.1. The number of ether oxygens (including phenoxy) is 1. The standard InChI is InChI=1S/C8H6O4/c9-4-1-2-6-5(3-4)7(10)8(11)12-6/h1-3,8-9,11H. The van der Waals surface area contributed by atoms with E-state index in [0.29, 0.717) is 5.75 Å². The summed E-state index contributed by atoms with van der Waals surface area (Å²) in [6.45, 7) is 0. The Labute approximate surface area is 68.0 Å². The molecule has 62 valence electrons. The quantitative estimate of drug-likeness (QED) is 0.581. The highest BCUT2D eigenvalue weighted by Gasteiger charge is 2.30. The fraction of sp³-hybridized carbons (Fsp3) is 0.125. The Balaban J connectivity index is 2.56. The maximum absolute atomic E-state index is 11.1. The molecule has 2 N–H and O–H groups in total. The first-order chi connectivity index (χ1) is 5.68. The van der Waals surface area contributed by atoms with Gasteiger partial charge in [0.05, 0.1) is 5.56 Å². The Kier molecular flexibility index (Phi) is 1.31. The first-order valence-electron chi connectivity index (χ1n) is 3.40. The summed E-state index contributed by atoms with van der Waals surface area (Å²) in [5.41, 5.74) is 0.225. The summed E-state index contributed by atoms with van der Waals surface area (Å²) in [6.07, 6.45) is -1.42. The number of benzene rings is 1. The molecule has 0 aromatic heterocycles. The van der Waals surface area contributed by atoms with Crippen LogP contribution in [-0.4, -0.2) is 22.3 Å². The number of phenols is 1. The number of aliphatic hydroxyl groups is 1. The van der Waals surface area contributed by atoms with E-state index in [1.807, 2.05) is 0 Å². The van der Waals surface area contributed by atoms with Crippen LogP contribution in [0.5, 0.6) is 11.5 Å². The molecule has 0 aliphatic carbocycles. The zero-order chi connectivity index (χ0) is 8.72. The zero-order valence-corrected chi connectivity index (χ0v) is 6.02. The number of phenolic OH excluding ortho intramolecular Hbond substituents is 1. The van der Waals surface area contributed by atoms with Crippen molar-refractivity contribution in [3.05, 3.63) is 23.8 Å². The van der Waals surface area contributed by atoms with Gasteiger partial charge in [0.15, 0.2) is 0 Å². The van der Waals surface area contributed by atoms with E-state index < -0.39 is 12.1 Å². The number of fused-ring (bicyclic) bond motifs is 1. The summed E-state index contributed by atoms with van der Waals surface area (Å²) in [7, 11) is 0. The van der Waals surface area contributed by atoms with Crippen LogP contribution in [0.15, 0.2) is 18.2 Å². The van der Waals surface area contributed by atoms with Gasteiger partial charge in [-0.2, -0.15) is 0 Å². The van der Waals surface area contributed by atoms with Crippen LogP contribution >= 0.6 is 0 Å². The molecule has 2 rings (SSSR count). The highest BCUT2D eigenvalue weighted by Crippen LogP contribution is 2.30. The maximum Gasteiger partial charge on any atom is 0.262 e. The van der Waals surface area contributed by atoms with Gasteiger partial charge in [0.1, 0.15) is 11.5 Å². The van der Waals surface area contributed by atoms with Crippen LogP contribution in [0.2, 0.25) is 0 Å². The molecule has 0 bridgehead atoms. The number of rotatable bonds is 0. The lowest BCUT2D eigenvalue weighted by Crippen LogP contribution is -2.18. The van der Waals surface area contributed by atoms with Crippen molar-refractivity contribution in [1.29, 1.82) is 0 Å². The number of carbonyl (C=O) groups is 1. The van der Waals surface area contributed by atoms with Crippen molar-refractivity contribution in [2.24, 2.45) is 0 Å². The number of ketones is 1. The molecule has 1 aliphatic heterocycles. The molecule has 0 saturated carbocycles. The normalized spacial score (nSPS) is 20.4. The van der Waals surface area contributed by atoms with Crippen LogP contribution in [-0.2, 0) is 0 Å². The second kappa shape index (κ2) is 2.22. The minimum atomic E-state index is -1.42. The molecule has 12 heavy (non-hydrogen) atoms. The van der Waals surface area contributed by atoms with Crippen molar-refractivity contribution in [3.8, 4) is 11.5 Å². The molecule has 0 fully saturated rings. The molecule has 1 unspecified atom stereocenters. The number of carbonyl (C=O) groups excluding carboxylic acids is 1. The molecule has 4 heteroatoms. The molecule has 0 amide bonds. The van der Waals surface area contributed by atoms with Crippen LogP contribution in [0.3, 0.4) is 0 Å². The third-order valence-corrected chi connectivity index (χ3v) is 1.69. The highest BCUT2D eigenvalue weighted by molar-refractivity contribution is 6.03. The van der Waals surface area contributed by atoms with Crippen LogP contribution in [0.4, 0.5) is 0 Å². The third kappa shape index (κ3) is 0.853. The Hall–Kier alpha value is -1.55. The minimum Gasteiger partial charge on any atom is -0.508 e. The van der Waals surface area contributed by atoms with Crippen molar-refractivity contribution < 1.29 is 19.7 Å². The molecule has 0 saturated heterocycles. The van der Waals surface area contributed by atoms with E-state index in [0.717, 1.165) is 0 Å². The van der Waals surface area contributed by atoms with E-state index >= 15 is 0 Å². The summed E-state index contributed by atoms with van der Waals surface area (Å²) in [5.74, 6) is -0.217. The first-order valence-corrected chi connectivity index (χ1v) is 3.40. The van der Waals surface area contributed by atoms with Gasteiger partial charge >= 0.3 is 0 Å². The zero-order valence-electron chi connectivity index (χ0n) is 6.02. The first kappa shape index (κ1) is 7.12. The number of hydrogen-bond acceptors (Lipinski definition) is 4. The van der Waals surface area contributed by atoms with Crippen molar-refractivity contribution in [2.45, 2.75) is 6.29 Å². The minimum absolute atomic E-state index is 0.0141. The van der Waals surface area contributed by atoms with Gasteiger partial charge in [0, 0.05) is 0 Å².